The molecule has 0 fully saturated rings. The number of ether oxygens (including phenoxy) is 2. The number of hydrogen-bond donors (Lipinski definition) is 1. The first-order valence-corrected chi connectivity index (χ1v) is 10.5. The predicted octanol–water partition coefficient (Wildman–Crippen LogP) is 5.27. The zero-order valence-electron chi connectivity index (χ0n) is 17.4. The van der Waals surface area contributed by atoms with Crippen LogP contribution < -0.4 is 14.8 Å². The van der Waals surface area contributed by atoms with Crippen molar-refractivity contribution in [2.75, 3.05) is 19.0 Å². The molecule has 1 aromatic heterocycles. The molecule has 0 saturated carbocycles. The highest BCUT2D eigenvalue weighted by atomic mass is 32.1. The third kappa shape index (κ3) is 7.02. The van der Waals surface area contributed by atoms with Crippen molar-refractivity contribution >= 4 is 34.2 Å². The van der Waals surface area contributed by atoms with E-state index in [0.717, 1.165) is 18.4 Å². The molecule has 0 bridgehead atoms. The van der Waals surface area contributed by atoms with Crippen LogP contribution in [0.4, 0.5) is 5.13 Å². The van der Waals surface area contributed by atoms with Gasteiger partial charge in [-0.25, -0.2) is 4.98 Å². The zero-order valence-corrected chi connectivity index (χ0v) is 18.2. The molecule has 1 heterocycles. The highest BCUT2D eigenvalue weighted by Crippen LogP contribution is 2.29. The van der Waals surface area contributed by atoms with Crippen LogP contribution >= 0.6 is 11.3 Å². The summed E-state index contributed by atoms with van der Waals surface area (Å²) in [5.74, 6) is 0.949. The average Bonchev–Trinajstić information content (AvgIpc) is 3.07. The van der Waals surface area contributed by atoms with Gasteiger partial charge >= 0.3 is 0 Å². The summed E-state index contributed by atoms with van der Waals surface area (Å²) >= 11 is 1.17. The number of aromatic nitrogens is 1. The van der Waals surface area contributed by atoms with E-state index in [4.69, 9.17) is 9.47 Å². The van der Waals surface area contributed by atoms with Gasteiger partial charge < -0.3 is 9.47 Å². The van der Waals surface area contributed by atoms with Crippen LogP contribution in [0.15, 0.2) is 24.3 Å². The number of methoxy groups -OCH3 is 1. The van der Waals surface area contributed by atoms with Gasteiger partial charge in [-0.05, 0) is 37.1 Å². The van der Waals surface area contributed by atoms with E-state index in [1.54, 1.807) is 20.1 Å². The van der Waals surface area contributed by atoms with Crippen molar-refractivity contribution in [2.24, 2.45) is 0 Å². The SMILES string of the molecule is CCCCCCOc1ccc(C=CC(=O)Nc2nc(C)c(C(C)=O)s2)cc1OC. The van der Waals surface area contributed by atoms with Gasteiger partial charge in [0.25, 0.3) is 0 Å². The molecular weight excluding hydrogens is 388 g/mol. The number of anilines is 1. The molecule has 2 rings (SSSR count). The number of benzene rings is 1. The number of Topliss-reactive ketones (excluding diaryl/α,β-unsaturated/α-hetero) is 1. The molecule has 0 radical (unpaired) electrons. The van der Waals surface area contributed by atoms with Crippen molar-refractivity contribution in [3.05, 3.63) is 40.4 Å². The molecule has 1 aromatic carbocycles. The fraction of sp³-hybridized carbons (Fsp3) is 0.409. The molecule has 1 N–H and O–H groups in total. The van der Waals surface area contributed by atoms with Crippen LogP contribution in [0.1, 0.15) is 60.5 Å². The lowest BCUT2D eigenvalue weighted by atomic mass is 10.2. The Balaban J connectivity index is 1.96. The molecule has 0 spiro atoms. The number of thiazole rings is 1. The Morgan fingerprint density at radius 3 is 2.66 bits per heavy atom. The van der Waals surface area contributed by atoms with Crippen LogP contribution in [-0.2, 0) is 4.79 Å². The topological polar surface area (TPSA) is 77.5 Å². The van der Waals surface area contributed by atoms with Crippen LogP contribution in [0.5, 0.6) is 11.5 Å². The number of aryl methyl sites for hydroxylation is 1. The van der Waals surface area contributed by atoms with E-state index in [1.165, 1.54) is 37.2 Å². The van der Waals surface area contributed by atoms with Crippen molar-refractivity contribution in [1.29, 1.82) is 0 Å². The van der Waals surface area contributed by atoms with Crippen LogP contribution in [0.25, 0.3) is 6.08 Å². The summed E-state index contributed by atoms with van der Waals surface area (Å²) < 4.78 is 11.2. The molecule has 156 valence electrons. The molecule has 29 heavy (non-hydrogen) atoms. The monoisotopic (exact) mass is 416 g/mol. The summed E-state index contributed by atoms with van der Waals surface area (Å²) in [6.45, 7) is 6.07. The van der Waals surface area contributed by atoms with Crippen molar-refractivity contribution in [3.63, 3.8) is 0 Å². The number of unbranched alkanes of at least 4 members (excludes halogenated alkanes) is 3. The van der Waals surface area contributed by atoms with Gasteiger partial charge in [0.15, 0.2) is 22.4 Å². The first-order valence-electron chi connectivity index (χ1n) is 9.72. The normalized spacial score (nSPS) is 10.9. The summed E-state index contributed by atoms with van der Waals surface area (Å²) in [4.78, 5) is 28.4. The molecule has 0 aliphatic heterocycles. The van der Waals surface area contributed by atoms with Gasteiger partial charge in [0.05, 0.1) is 24.3 Å². The first kappa shape index (κ1) is 22.6. The lowest BCUT2D eigenvalue weighted by Crippen LogP contribution is -2.07. The molecule has 1 amide bonds. The third-order valence-corrected chi connectivity index (χ3v) is 5.39. The van der Waals surface area contributed by atoms with Crippen molar-refractivity contribution in [2.45, 2.75) is 46.5 Å². The molecule has 7 heteroatoms. The molecule has 0 atom stereocenters. The van der Waals surface area contributed by atoms with E-state index in [-0.39, 0.29) is 11.7 Å². The number of nitrogens with zero attached hydrogens (tertiary/aromatic N) is 1. The second-order valence-corrected chi connectivity index (χ2v) is 7.63. The maximum atomic E-state index is 12.2. The zero-order chi connectivity index (χ0) is 21.2. The minimum Gasteiger partial charge on any atom is -0.493 e. The average molecular weight is 417 g/mol. The fourth-order valence-electron chi connectivity index (χ4n) is 2.71. The van der Waals surface area contributed by atoms with Crippen molar-refractivity contribution in [1.82, 2.24) is 4.98 Å². The molecule has 6 nitrogen and oxygen atoms in total. The summed E-state index contributed by atoms with van der Waals surface area (Å²) in [6.07, 6.45) is 7.68. The Kier molecular flexibility index (Phi) is 8.86. The van der Waals surface area contributed by atoms with Gasteiger partial charge in [-0.15, -0.1) is 0 Å². The first-order chi connectivity index (χ1) is 13.9. The fourth-order valence-corrected chi connectivity index (χ4v) is 3.58. The summed E-state index contributed by atoms with van der Waals surface area (Å²) in [6, 6.07) is 5.54. The molecule has 0 aliphatic carbocycles. The number of carbonyl (C=O) groups excluding carboxylic acids is 2. The third-order valence-electron chi connectivity index (χ3n) is 4.22. The Bertz CT molecular complexity index is 874. The molecule has 2 aromatic rings. The number of carbonyl (C=O) groups is 2. The maximum absolute atomic E-state index is 12.2. The van der Waals surface area contributed by atoms with E-state index in [9.17, 15) is 9.59 Å². The quantitative estimate of drug-likeness (QED) is 0.307. The lowest BCUT2D eigenvalue weighted by molar-refractivity contribution is -0.111. The molecule has 0 aliphatic rings. The number of amides is 1. The highest BCUT2D eigenvalue weighted by molar-refractivity contribution is 7.17. The van der Waals surface area contributed by atoms with Crippen LogP contribution in [-0.4, -0.2) is 30.4 Å². The summed E-state index contributed by atoms with van der Waals surface area (Å²) in [7, 11) is 1.59. The minimum atomic E-state index is -0.316. The number of nitrogens with one attached hydrogen (secondary N) is 1. The molecule has 0 saturated heterocycles. The van der Waals surface area contributed by atoms with Crippen LogP contribution in [0.2, 0.25) is 0 Å². The number of rotatable bonds is 11. The summed E-state index contributed by atoms with van der Waals surface area (Å²) in [5, 5.41) is 3.10. The summed E-state index contributed by atoms with van der Waals surface area (Å²) in [5.41, 5.74) is 1.44. The van der Waals surface area contributed by atoms with Crippen molar-refractivity contribution < 1.29 is 19.1 Å². The van der Waals surface area contributed by atoms with Gasteiger partial charge in [-0.3, -0.25) is 14.9 Å². The van der Waals surface area contributed by atoms with Gasteiger partial charge in [-0.2, -0.15) is 0 Å². The van der Waals surface area contributed by atoms with Gasteiger partial charge in [0.2, 0.25) is 5.91 Å². The van der Waals surface area contributed by atoms with E-state index < -0.39 is 0 Å². The minimum absolute atomic E-state index is 0.0594. The van der Waals surface area contributed by atoms with Gasteiger partial charge in [-0.1, -0.05) is 43.6 Å². The Hall–Kier alpha value is -2.67. The number of ketones is 1. The standard InChI is InChI=1S/C22H28N2O4S/c1-5-6-7-8-13-28-18-11-9-17(14-19(18)27-4)10-12-20(26)24-22-23-15(2)21(29-22)16(3)25/h9-12,14H,5-8,13H2,1-4H3,(H,23,24,26). The second-order valence-electron chi connectivity index (χ2n) is 6.63. The largest absolute Gasteiger partial charge is 0.493 e. The van der Waals surface area contributed by atoms with Gasteiger partial charge in [0.1, 0.15) is 0 Å². The van der Waals surface area contributed by atoms with Crippen molar-refractivity contribution in [3.8, 4) is 11.5 Å². The van der Waals surface area contributed by atoms with Crippen LogP contribution in [0, 0.1) is 6.92 Å². The predicted molar refractivity (Wildman–Crippen MR) is 117 cm³/mol. The Labute approximate surface area is 176 Å². The Morgan fingerprint density at radius 1 is 1.21 bits per heavy atom. The second kappa shape index (κ2) is 11.4. The Morgan fingerprint density at radius 2 is 2.00 bits per heavy atom. The molecule has 0 unspecified atom stereocenters. The highest BCUT2D eigenvalue weighted by Gasteiger charge is 2.12. The maximum Gasteiger partial charge on any atom is 0.250 e. The van der Waals surface area contributed by atoms with E-state index in [0.29, 0.717) is 33.8 Å². The van der Waals surface area contributed by atoms with Gasteiger partial charge in [0, 0.05) is 13.0 Å². The van der Waals surface area contributed by atoms with E-state index in [1.807, 2.05) is 18.2 Å². The smallest absolute Gasteiger partial charge is 0.250 e. The lowest BCUT2D eigenvalue weighted by Gasteiger charge is -2.11. The van der Waals surface area contributed by atoms with E-state index in [2.05, 4.69) is 17.2 Å². The van der Waals surface area contributed by atoms with E-state index >= 15 is 0 Å². The number of hydrogen-bond acceptors (Lipinski definition) is 6. The molecular formula is C22H28N2O4S. The van der Waals surface area contributed by atoms with Crippen LogP contribution in [0.3, 0.4) is 0 Å².